The van der Waals surface area contributed by atoms with Gasteiger partial charge in [0.2, 0.25) is 0 Å². The fourth-order valence-electron chi connectivity index (χ4n) is 3.10. The van der Waals surface area contributed by atoms with Crippen LogP contribution in [0.4, 0.5) is 17.1 Å². The van der Waals surface area contributed by atoms with Crippen LogP contribution in [0.2, 0.25) is 0 Å². The minimum atomic E-state index is -0.445. The summed E-state index contributed by atoms with van der Waals surface area (Å²) in [5.74, 6) is 0. The third-order valence-corrected chi connectivity index (χ3v) is 5.11. The van der Waals surface area contributed by atoms with Gasteiger partial charge in [-0.1, -0.05) is 25.1 Å². The number of fused-ring (bicyclic) bond motifs is 1. The summed E-state index contributed by atoms with van der Waals surface area (Å²) in [7, 11) is 0. The van der Waals surface area contributed by atoms with Gasteiger partial charge in [0.1, 0.15) is 11.4 Å². The molecule has 5 heteroatoms. The van der Waals surface area contributed by atoms with Crippen LogP contribution in [0.3, 0.4) is 0 Å². The van der Waals surface area contributed by atoms with E-state index in [-0.39, 0.29) is 0 Å². The number of anilines is 3. The van der Waals surface area contributed by atoms with Crippen LogP contribution in [-0.2, 0) is 0 Å². The third kappa shape index (κ3) is 2.23. The molecule has 1 aromatic heterocycles. The average Bonchev–Trinajstić information content (AvgIpc) is 3.26. The van der Waals surface area contributed by atoms with Crippen molar-refractivity contribution >= 4 is 28.0 Å². The lowest BCUT2D eigenvalue weighted by atomic mass is 10.0. The number of aromatic amines is 1. The molecule has 0 amide bonds. The number of para-hydroxylation sites is 1. The Balaban J connectivity index is 1.59. The molecule has 5 nitrogen and oxygen atoms in total. The van der Waals surface area contributed by atoms with Crippen LogP contribution in [0.25, 0.3) is 10.9 Å². The van der Waals surface area contributed by atoms with E-state index in [4.69, 9.17) is 0 Å². The summed E-state index contributed by atoms with van der Waals surface area (Å²) in [6, 6.07) is 7.84. The van der Waals surface area contributed by atoms with E-state index in [0.717, 1.165) is 29.6 Å². The second-order valence-corrected chi connectivity index (χ2v) is 6.49. The molecule has 0 atom stereocenters. The SMILES string of the molecule is CCC1(CNc2c(Nc3c[nH]c4ccccc34)c(=O)c2=O)CC1. The lowest BCUT2D eigenvalue weighted by molar-refractivity contribution is 0.521. The van der Waals surface area contributed by atoms with Crippen molar-refractivity contribution in [3.63, 3.8) is 0 Å². The smallest absolute Gasteiger partial charge is 0.253 e. The summed E-state index contributed by atoms with van der Waals surface area (Å²) in [5.41, 5.74) is 2.07. The molecule has 4 rings (SSSR count). The van der Waals surface area contributed by atoms with Crippen LogP contribution >= 0.6 is 0 Å². The molecule has 2 aromatic carbocycles. The number of aromatic nitrogens is 1. The molecule has 0 aliphatic heterocycles. The Morgan fingerprint density at radius 1 is 1.13 bits per heavy atom. The van der Waals surface area contributed by atoms with E-state index in [1.807, 2.05) is 30.5 Å². The van der Waals surface area contributed by atoms with Crippen molar-refractivity contribution in [3.8, 4) is 0 Å². The predicted octanol–water partition coefficient (Wildman–Crippen LogP) is 3.11. The quantitative estimate of drug-likeness (QED) is 0.612. The highest BCUT2D eigenvalue weighted by Gasteiger charge is 2.40. The average molecular weight is 309 g/mol. The zero-order chi connectivity index (χ0) is 16.0. The number of rotatable bonds is 6. The summed E-state index contributed by atoms with van der Waals surface area (Å²) in [6.07, 6.45) is 5.30. The lowest BCUT2D eigenvalue weighted by Crippen LogP contribution is -2.37. The standard InChI is InChI=1S/C18H19N3O2/c1-2-18(7-8-18)10-20-14-15(17(23)16(14)22)21-13-9-19-12-6-4-3-5-11(12)13/h3-6,9,19-21H,2,7-8,10H2,1H3. The van der Waals surface area contributed by atoms with Gasteiger partial charge in [0, 0.05) is 23.6 Å². The van der Waals surface area contributed by atoms with Gasteiger partial charge in [-0.05, 0) is 30.7 Å². The van der Waals surface area contributed by atoms with Gasteiger partial charge in [0.15, 0.2) is 0 Å². The van der Waals surface area contributed by atoms with E-state index in [1.165, 1.54) is 12.8 Å². The van der Waals surface area contributed by atoms with Crippen molar-refractivity contribution in [1.29, 1.82) is 0 Å². The molecule has 3 aromatic rings. The monoisotopic (exact) mass is 309 g/mol. The predicted molar refractivity (Wildman–Crippen MR) is 93.4 cm³/mol. The van der Waals surface area contributed by atoms with Crippen LogP contribution < -0.4 is 21.5 Å². The molecule has 0 radical (unpaired) electrons. The molecule has 1 aliphatic carbocycles. The second kappa shape index (κ2) is 4.98. The van der Waals surface area contributed by atoms with E-state index in [0.29, 0.717) is 16.8 Å². The minimum absolute atomic E-state index is 0.317. The molecule has 1 heterocycles. The van der Waals surface area contributed by atoms with Crippen molar-refractivity contribution in [2.75, 3.05) is 17.2 Å². The molecular weight excluding hydrogens is 290 g/mol. The van der Waals surface area contributed by atoms with E-state index in [9.17, 15) is 9.59 Å². The maximum absolute atomic E-state index is 11.9. The molecular formula is C18H19N3O2. The largest absolute Gasteiger partial charge is 0.379 e. The van der Waals surface area contributed by atoms with E-state index < -0.39 is 10.9 Å². The van der Waals surface area contributed by atoms with E-state index in [1.54, 1.807) is 0 Å². The summed E-state index contributed by atoms with van der Waals surface area (Å²) in [4.78, 5) is 27.0. The number of nitrogens with one attached hydrogen (secondary N) is 3. The van der Waals surface area contributed by atoms with Crippen molar-refractivity contribution in [3.05, 3.63) is 50.9 Å². The molecule has 23 heavy (non-hydrogen) atoms. The van der Waals surface area contributed by atoms with Crippen LogP contribution in [0.5, 0.6) is 0 Å². The van der Waals surface area contributed by atoms with Gasteiger partial charge in [0.25, 0.3) is 10.9 Å². The highest BCUT2D eigenvalue weighted by atomic mass is 16.2. The molecule has 1 aliphatic rings. The molecule has 0 saturated heterocycles. The van der Waals surface area contributed by atoms with Crippen molar-refractivity contribution in [2.24, 2.45) is 5.41 Å². The van der Waals surface area contributed by atoms with Gasteiger partial charge in [-0.3, -0.25) is 9.59 Å². The highest BCUT2D eigenvalue weighted by molar-refractivity contribution is 5.95. The van der Waals surface area contributed by atoms with Crippen LogP contribution in [0, 0.1) is 5.41 Å². The number of H-pyrrole nitrogens is 1. The fourth-order valence-corrected chi connectivity index (χ4v) is 3.10. The van der Waals surface area contributed by atoms with Gasteiger partial charge in [-0.25, -0.2) is 0 Å². The Bertz CT molecular complexity index is 943. The Morgan fingerprint density at radius 3 is 2.61 bits per heavy atom. The van der Waals surface area contributed by atoms with Crippen LogP contribution in [0.15, 0.2) is 40.1 Å². The van der Waals surface area contributed by atoms with E-state index in [2.05, 4.69) is 22.5 Å². The summed E-state index contributed by atoms with van der Waals surface area (Å²) in [5, 5.41) is 7.32. The molecule has 3 N–H and O–H groups in total. The highest BCUT2D eigenvalue weighted by Crippen LogP contribution is 2.48. The van der Waals surface area contributed by atoms with Gasteiger partial charge in [-0.15, -0.1) is 0 Å². The summed E-state index contributed by atoms with van der Waals surface area (Å²) >= 11 is 0. The van der Waals surface area contributed by atoms with Crippen molar-refractivity contribution in [2.45, 2.75) is 26.2 Å². The molecule has 1 saturated carbocycles. The van der Waals surface area contributed by atoms with E-state index >= 15 is 0 Å². The fraction of sp³-hybridized carbons (Fsp3) is 0.333. The first-order valence-electron chi connectivity index (χ1n) is 8.04. The molecule has 1 fully saturated rings. The topological polar surface area (TPSA) is 74.0 Å². The first kappa shape index (κ1) is 14.1. The number of hydrogen-bond acceptors (Lipinski definition) is 4. The van der Waals surface area contributed by atoms with Crippen LogP contribution in [0.1, 0.15) is 26.2 Å². The van der Waals surface area contributed by atoms with Gasteiger partial charge in [0.05, 0.1) is 5.69 Å². The summed E-state index contributed by atoms with van der Waals surface area (Å²) < 4.78 is 0. The molecule has 0 bridgehead atoms. The Morgan fingerprint density at radius 2 is 1.87 bits per heavy atom. The number of hydrogen-bond donors (Lipinski definition) is 3. The molecule has 0 spiro atoms. The van der Waals surface area contributed by atoms with Crippen molar-refractivity contribution in [1.82, 2.24) is 4.98 Å². The first-order chi connectivity index (χ1) is 11.1. The minimum Gasteiger partial charge on any atom is -0.379 e. The second-order valence-electron chi connectivity index (χ2n) is 6.49. The van der Waals surface area contributed by atoms with Gasteiger partial charge < -0.3 is 15.6 Å². The van der Waals surface area contributed by atoms with Gasteiger partial charge in [-0.2, -0.15) is 0 Å². The third-order valence-electron chi connectivity index (χ3n) is 5.11. The Labute approximate surface area is 133 Å². The zero-order valence-corrected chi connectivity index (χ0v) is 13.0. The Hall–Kier alpha value is -2.56. The number of benzene rings is 1. The van der Waals surface area contributed by atoms with Crippen molar-refractivity contribution < 1.29 is 0 Å². The molecule has 0 unspecified atom stereocenters. The maximum Gasteiger partial charge on any atom is 0.253 e. The first-order valence-corrected chi connectivity index (χ1v) is 8.04. The zero-order valence-electron chi connectivity index (χ0n) is 13.0. The normalized spacial score (nSPS) is 15.9. The van der Waals surface area contributed by atoms with Gasteiger partial charge >= 0.3 is 0 Å². The van der Waals surface area contributed by atoms with Crippen LogP contribution in [-0.4, -0.2) is 11.5 Å². The maximum atomic E-state index is 11.9. The lowest BCUT2D eigenvalue weighted by Gasteiger charge is -2.18. The summed E-state index contributed by atoms with van der Waals surface area (Å²) in [6.45, 7) is 2.93. The Kier molecular flexibility index (Phi) is 3.04. The molecule has 118 valence electrons.